The van der Waals surface area contributed by atoms with E-state index >= 15 is 0 Å². The van der Waals surface area contributed by atoms with Gasteiger partial charge in [0.05, 0.1) is 24.4 Å². The first kappa shape index (κ1) is 25.3. The van der Waals surface area contributed by atoms with Crippen molar-refractivity contribution in [3.05, 3.63) is 24.3 Å². The Bertz CT molecular complexity index is 366. The predicted octanol–water partition coefficient (Wildman–Crippen LogP) is 4.50. The van der Waals surface area contributed by atoms with Crippen LogP contribution in [0.25, 0.3) is 0 Å². The summed E-state index contributed by atoms with van der Waals surface area (Å²) in [4.78, 5) is 0. The molecule has 0 aliphatic carbocycles. The van der Waals surface area contributed by atoms with Crippen molar-refractivity contribution in [2.24, 2.45) is 5.73 Å². The molecule has 0 rings (SSSR count). The predicted molar refractivity (Wildman–Crippen MR) is 111 cm³/mol. The molecular weight excluding hydrogens is 326 g/mol. The van der Waals surface area contributed by atoms with E-state index in [9.17, 15) is 10.2 Å². The largest absolute Gasteiger partial charge is 0.394 e. The highest BCUT2D eigenvalue weighted by atomic mass is 16.5. The Hall–Kier alpha value is -0.680. The number of ether oxygens (including phenoxy) is 1. The minimum Gasteiger partial charge on any atom is -0.394 e. The molecule has 0 fully saturated rings. The van der Waals surface area contributed by atoms with Crippen LogP contribution in [0.2, 0.25) is 0 Å². The Labute approximate surface area is 161 Å². The van der Waals surface area contributed by atoms with Gasteiger partial charge in [-0.1, -0.05) is 82.6 Å². The van der Waals surface area contributed by atoms with Gasteiger partial charge in [-0.05, 0) is 19.8 Å². The summed E-state index contributed by atoms with van der Waals surface area (Å²) in [5.41, 5.74) is 4.84. The van der Waals surface area contributed by atoms with Gasteiger partial charge in [0.2, 0.25) is 0 Å². The summed E-state index contributed by atoms with van der Waals surface area (Å²) in [5, 5.41) is 19.3. The van der Waals surface area contributed by atoms with Crippen LogP contribution in [0.1, 0.15) is 84.5 Å². The van der Waals surface area contributed by atoms with Crippen LogP contribution in [-0.4, -0.2) is 41.7 Å². The Kier molecular flexibility index (Phi) is 16.1. The van der Waals surface area contributed by atoms with E-state index in [1.165, 1.54) is 57.8 Å². The quantitative estimate of drug-likeness (QED) is 0.261. The molecular formula is C22H43NO3. The summed E-state index contributed by atoms with van der Waals surface area (Å²) in [6, 6.07) is 0. The SMILES string of the molecule is CCCCCCCCCCC/C=C/C=C/C(CC(O)C(C)(N)CO)OC. The third-order valence-corrected chi connectivity index (χ3v) is 4.91. The van der Waals surface area contributed by atoms with Gasteiger partial charge in [0.25, 0.3) is 0 Å². The molecule has 26 heavy (non-hydrogen) atoms. The van der Waals surface area contributed by atoms with E-state index in [2.05, 4.69) is 13.0 Å². The number of rotatable bonds is 17. The third kappa shape index (κ3) is 13.5. The summed E-state index contributed by atoms with van der Waals surface area (Å²) in [6.45, 7) is 3.64. The molecule has 4 heteroatoms. The molecule has 3 unspecified atom stereocenters. The van der Waals surface area contributed by atoms with Crippen molar-refractivity contribution in [3.63, 3.8) is 0 Å². The van der Waals surface area contributed by atoms with Gasteiger partial charge < -0.3 is 20.7 Å². The van der Waals surface area contributed by atoms with Crippen LogP contribution in [0, 0.1) is 0 Å². The first-order valence-corrected chi connectivity index (χ1v) is 10.4. The van der Waals surface area contributed by atoms with Crippen molar-refractivity contribution in [2.75, 3.05) is 13.7 Å². The van der Waals surface area contributed by atoms with E-state index in [-0.39, 0.29) is 12.7 Å². The maximum absolute atomic E-state index is 10.1. The summed E-state index contributed by atoms with van der Waals surface area (Å²) >= 11 is 0. The number of hydrogen-bond donors (Lipinski definition) is 3. The molecule has 0 saturated carbocycles. The van der Waals surface area contributed by atoms with E-state index in [1.807, 2.05) is 18.2 Å². The minimum atomic E-state index is -1.00. The van der Waals surface area contributed by atoms with Gasteiger partial charge >= 0.3 is 0 Å². The van der Waals surface area contributed by atoms with Crippen LogP contribution in [0.5, 0.6) is 0 Å². The van der Waals surface area contributed by atoms with E-state index < -0.39 is 11.6 Å². The monoisotopic (exact) mass is 369 g/mol. The minimum absolute atomic E-state index is 0.211. The van der Waals surface area contributed by atoms with Crippen LogP contribution in [0.3, 0.4) is 0 Å². The van der Waals surface area contributed by atoms with Crippen molar-refractivity contribution in [2.45, 2.75) is 102 Å². The van der Waals surface area contributed by atoms with Crippen molar-refractivity contribution >= 4 is 0 Å². The lowest BCUT2D eigenvalue weighted by atomic mass is 9.92. The number of allylic oxidation sites excluding steroid dienone is 3. The molecule has 3 atom stereocenters. The zero-order chi connectivity index (χ0) is 19.7. The second-order valence-corrected chi connectivity index (χ2v) is 7.62. The highest BCUT2D eigenvalue weighted by Gasteiger charge is 2.29. The lowest BCUT2D eigenvalue weighted by molar-refractivity contribution is 0.0121. The van der Waals surface area contributed by atoms with Crippen LogP contribution in [0.15, 0.2) is 24.3 Å². The van der Waals surface area contributed by atoms with Crippen LogP contribution < -0.4 is 5.73 Å². The second kappa shape index (κ2) is 16.5. The van der Waals surface area contributed by atoms with Crippen molar-refractivity contribution < 1.29 is 14.9 Å². The summed E-state index contributed by atoms with van der Waals surface area (Å²) in [5.74, 6) is 0. The van der Waals surface area contributed by atoms with Gasteiger partial charge in [0.15, 0.2) is 0 Å². The highest BCUT2D eigenvalue weighted by Crippen LogP contribution is 2.14. The molecule has 0 amide bonds. The third-order valence-electron chi connectivity index (χ3n) is 4.91. The molecule has 0 aromatic carbocycles. The van der Waals surface area contributed by atoms with Crippen molar-refractivity contribution in [1.29, 1.82) is 0 Å². The smallest absolute Gasteiger partial charge is 0.0780 e. The normalized spacial score (nSPS) is 17.0. The summed E-state index contributed by atoms with van der Waals surface area (Å²) in [7, 11) is 1.61. The molecule has 154 valence electrons. The topological polar surface area (TPSA) is 75.7 Å². The van der Waals surface area contributed by atoms with Gasteiger partial charge in [-0.15, -0.1) is 0 Å². The number of aliphatic hydroxyl groups is 2. The number of unbranched alkanes of at least 4 members (excludes halogenated alkanes) is 9. The molecule has 0 radical (unpaired) electrons. The fraction of sp³-hybridized carbons (Fsp3) is 0.818. The van der Waals surface area contributed by atoms with Crippen LogP contribution in [0.4, 0.5) is 0 Å². The van der Waals surface area contributed by atoms with Gasteiger partial charge in [0.1, 0.15) is 0 Å². The maximum Gasteiger partial charge on any atom is 0.0780 e. The number of aliphatic hydroxyl groups excluding tert-OH is 2. The standard InChI is InChI=1S/C22H43NO3/c1-4-5-6-7-8-9-10-11-12-13-14-15-16-17-20(26-3)18-21(25)22(2,23)19-24/h14-17,20-21,24-25H,4-13,18-19,23H2,1-3H3/b15-14+,17-16+. The first-order chi connectivity index (χ1) is 12.5. The van der Waals surface area contributed by atoms with Gasteiger partial charge in [-0.25, -0.2) is 0 Å². The lowest BCUT2D eigenvalue weighted by Crippen LogP contribution is -2.52. The Morgan fingerprint density at radius 3 is 2.12 bits per heavy atom. The molecule has 0 aliphatic heterocycles. The van der Waals surface area contributed by atoms with Gasteiger partial charge in [0, 0.05) is 13.5 Å². The average molecular weight is 370 g/mol. The zero-order valence-corrected chi connectivity index (χ0v) is 17.3. The number of hydrogen-bond acceptors (Lipinski definition) is 4. The molecule has 4 N–H and O–H groups in total. The molecule has 4 nitrogen and oxygen atoms in total. The Morgan fingerprint density at radius 1 is 1.00 bits per heavy atom. The zero-order valence-electron chi connectivity index (χ0n) is 17.3. The van der Waals surface area contributed by atoms with Gasteiger partial charge in [-0.2, -0.15) is 0 Å². The fourth-order valence-electron chi connectivity index (χ4n) is 2.78. The first-order valence-electron chi connectivity index (χ1n) is 10.4. The van der Waals surface area contributed by atoms with E-state index in [0.29, 0.717) is 6.42 Å². The molecule has 0 saturated heterocycles. The van der Waals surface area contributed by atoms with E-state index in [0.717, 1.165) is 6.42 Å². The number of nitrogens with two attached hydrogens (primary N) is 1. The average Bonchev–Trinajstić information content (AvgIpc) is 2.64. The van der Waals surface area contributed by atoms with E-state index in [1.54, 1.807) is 14.0 Å². The summed E-state index contributed by atoms with van der Waals surface area (Å²) < 4.78 is 5.35. The molecule has 0 aromatic heterocycles. The van der Waals surface area contributed by atoms with Crippen LogP contribution >= 0.6 is 0 Å². The second-order valence-electron chi connectivity index (χ2n) is 7.62. The Balaban J connectivity index is 3.78. The Morgan fingerprint density at radius 2 is 1.58 bits per heavy atom. The fourth-order valence-corrected chi connectivity index (χ4v) is 2.78. The lowest BCUT2D eigenvalue weighted by Gasteiger charge is -2.29. The molecule has 0 bridgehead atoms. The van der Waals surface area contributed by atoms with E-state index in [4.69, 9.17) is 10.5 Å². The number of methoxy groups -OCH3 is 1. The highest BCUT2D eigenvalue weighted by molar-refractivity contribution is 5.06. The van der Waals surface area contributed by atoms with Gasteiger partial charge in [-0.3, -0.25) is 0 Å². The van der Waals surface area contributed by atoms with Crippen molar-refractivity contribution in [1.82, 2.24) is 0 Å². The molecule has 0 heterocycles. The molecule has 0 aromatic rings. The molecule has 0 spiro atoms. The van der Waals surface area contributed by atoms with Crippen LogP contribution in [-0.2, 0) is 4.74 Å². The summed E-state index contributed by atoms with van der Waals surface area (Å²) in [6.07, 6.45) is 20.7. The van der Waals surface area contributed by atoms with Crippen molar-refractivity contribution in [3.8, 4) is 0 Å². The molecule has 0 aliphatic rings. The maximum atomic E-state index is 10.1.